The Morgan fingerprint density at radius 2 is 1.85 bits per heavy atom. The van der Waals surface area contributed by atoms with Crippen molar-refractivity contribution in [3.05, 3.63) is 36.4 Å². The fourth-order valence-electron chi connectivity index (χ4n) is 3.00. The molecule has 11 heteroatoms. The fourth-order valence-corrected chi connectivity index (χ4v) is 4.55. The van der Waals surface area contributed by atoms with E-state index >= 15 is 0 Å². The van der Waals surface area contributed by atoms with Crippen LogP contribution in [0.15, 0.2) is 35.6 Å². The Labute approximate surface area is 156 Å². The third-order valence-electron chi connectivity index (χ3n) is 4.50. The summed E-state index contributed by atoms with van der Waals surface area (Å²) in [6, 6.07) is 2.91. The van der Waals surface area contributed by atoms with Crippen molar-refractivity contribution in [1.29, 1.82) is 0 Å². The number of hydrogen-bond acceptors (Lipinski definition) is 6. The number of carbonyl (C=O) groups is 2. The van der Waals surface area contributed by atoms with Crippen molar-refractivity contribution < 1.29 is 18.0 Å². The monoisotopic (exact) mass is 392 g/mol. The molecular formula is C16H20N6O4S. The Hall–Kier alpha value is -2.79. The number of carbonyl (C=O) groups excluding carboxylic acids is 2. The number of aryl methyl sites for hydroxylation is 1. The van der Waals surface area contributed by atoms with Crippen molar-refractivity contribution in [1.82, 2.24) is 18.8 Å². The largest absolute Gasteiger partial charge is 0.364 e. The van der Waals surface area contributed by atoms with E-state index in [0.717, 1.165) is 0 Å². The maximum Gasteiger partial charge on any atom is 0.265 e. The molecule has 0 aliphatic carbocycles. The van der Waals surface area contributed by atoms with Crippen LogP contribution in [-0.4, -0.2) is 52.2 Å². The summed E-state index contributed by atoms with van der Waals surface area (Å²) in [5.41, 5.74) is 5.36. The second-order valence-corrected chi connectivity index (χ2v) is 8.21. The molecule has 0 radical (unpaired) electrons. The Morgan fingerprint density at radius 3 is 2.41 bits per heavy atom. The molecule has 0 bridgehead atoms. The van der Waals surface area contributed by atoms with Crippen LogP contribution in [0.2, 0.25) is 0 Å². The second kappa shape index (κ2) is 7.45. The molecule has 1 aliphatic rings. The zero-order valence-corrected chi connectivity index (χ0v) is 15.5. The van der Waals surface area contributed by atoms with E-state index in [1.807, 2.05) is 0 Å². The molecule has 2 aromatic rings. The first-order valence-electron chi connectivity index (χ1n) is 8.33. The van der Waals surface area contributed by atoms with E-state index in [2.05, 4.69) is 15.3 Å². The lowest BCUT2D eigenvalue weighted by Gasteiger charge is -2.30. The van der Waals surface area contributed by atoms with Crippen molar-refractivity contribution in [2.75, 3.05) is 18.4 Å². The van der Waals surface area contributed by atoms with E-state index < -0.39 is 15.9 Å². The van der Waals surface area contributed by atoms with Gasteiger partial charge in [0, 0.05) is 44.6 Å². The molecule has 1 aliphatic heterocycles. The van der Waals surface area contributed by atoms with Crippen molar-refractivity contribution in [2.24, 2.45) is 18.7 Å². The lowest BCUT2D eigenvalue weighted by atomic mass is 9.97. The normalized spacial score (nSPS) is 16.2. The van der Waals surface area contributed by atoms with Crippen LogP contribution in [0, 0.1) is 5.92 Å². The molecule has 27 heavy (non-hydrogen) atoms. The molecule has 144 valence electrons. The number of nitrogens with one attached hydrogen (secondary N) is 1. The molecule has 2 amide bonds. The highest BCUT2D eigenvalue weighted by molar-refractivity contribution is 7.89. The van der Waals surface area contributed by atoms with Gasteiger partial charge >= 0.3 is 0 Å². The molecular weight excluding hydrogens is 372 g/mol. The van der Waals surface area contributed by atoms with Crippen LogP contribution in [0.25, 0.3) is 0 Å². The first-order valence-corrected chi connectivity index (χ1v) is 9.77. The summed E-state index contributed by atoms with van der Waals surface area (Å²) in [7, 11) is -2.20. The Bertz CT molecular complexity index is 949. The second-order valence-electron chi connectivity index (χ2n) is 6.28. The van der Waals surface area contributed by atoms with E-state index in [1.165, 1.54) is 33.5 Å². The number of nitrogens with zero attached hydrogens (tertiary/aromatic N) is 4. The molecule has 0 atom stereocenters. The van der Waals surface area contributed by atoms with Crippen LogP contribution in [0.3, 0.4) is 0 Å². The molecule has 0 unspecified atom stereocenters. The first-order chi connectivity index (χ1) is 12.8. The zero-order valence-electron chi connectivity index (χ0n) is 14.7. The minimum absolute atomic E-state index is 0.0133. The van der Waals surface area contributed by atoms with Gasteiger partial charge in [0.25, 0.3) is 5.91 Å². The number of anilines is 1. The van der Waals surface area contributed by atoms with Crippen LogP contribution in [0.1, 0.15) is 23.3 Å². The summed E-state index contributed by atoms with van der Waals surface area (Å²) < 4.78 is 28.3. The summed E-state index contributed by atoms with van der Waals surface area (Å²) >= 11 is 0. The third kappa shape index (κ3) is 3.98. The fraction of sp³-hybridized carbons (Fsp3) is 0.375. The predicted molar refractivity (Wildman–Crippen MR) is 96.1 cm³/mol. The third-order valence-corrected chi connectivity index (χ3v) is 6.36. The summed E-state index contributed by atoms with van der Waals surface area (Å²) in [4.78, 5) is 31.5. The molecule has 0 saturated carbocycles. The van der Waals surface area contributed by atoms with Crippen LogP contribution in [-0.2, 0) is 21.9 Å². The molecule has 2 aromatic heterocycles. The number of hydrogen-bond donors (Lipinski definition) is 2. The van der Waals surface area contributed by atoms with Gasteiger partial charge in [0.05, 0.1) is 0 Å². The van der Waals surface area contributed by atoms with E-state index in [0.29, 0.717) is 12.8 Å². The topological polar surface area (TPSA) is 140 Å². The Morgan fingerprint density at radius 1 is 1.22 bits per heavy atom. The van der Waals surface area contributed by atoms with Crippen molar-refractivity contribution >= 4 is 27.8 Å². The summed E-state index contributed by atoms with van der Waals surface area (Å²) in [5.74, 6) is -1.02. The SMILES string of the molecule is Cn1cc(S(=O)(=O)N2CCC(C(=O)Nc3ncccn3)CC2)cc1C(N)=O. The summed E-state index contributed by atoms with van der Waals surface area (Å²) in [6.45, 7) is 0.410. The zero-order chi connectivity index (χ0) is 19.6. The van der Waals surface area contributed by atoms with Crippen LogP contribution < -0.4 is 11.1 Å². The van der Waals surface area contributed by atoms with Gasteiger partial charge in [-0.3, -0.25) is 14.9 Å². The van der Waals surface area contributed by atoms with Gasteiger partial charge in [-0.15, -0.1) is 0 Å². The lowest BCUT2D eigenvalue weighted by molar-refractivity contribution is -0.121. The van der Waals surface area contributed by atoms with Crippen molar-refractivity contribution in [3.8, 4) is 0 Å². The first kappa shape index (κ1) is 19.0. The number of amides is 2. The number of primary amides is 1. The summed E-state index contributed by atoms with van der Waals surface area (Å²) in [6.07, 6.45) is 5.18. The van der Waals surface area contributed by atoms with E-state index in [-0.39, 0.29) is 41.5 Å². The molecule has 0 spiro atoms. The molecule has 3 heterocycles. The van der Waals surface area contributed by atoms with Gasteiger partial charge in [-0.05, 0) is 25.0 Å². The highest BCUT2D eigenvalue weighted by Gasteiger charge is 2.33. The van der Waals surface area contributed by atoms with E-state index in [9.17, 15) is 18.0 Å². The van der Waals surface area contributed by atoms with Crippen molar-refractivity contribution in [2.45, 2.75) is 17.7 Å². The van der Waals surface area contributed by atoms with E-state index in [1.54, 1.807) is 13.1 Å². The maximum absolute atomic E-state index is 12.8. The molecule has 1 saturated heterocycles. The predicted octanol–water partition coefficient (Wildman–Crippen LogP) is -0.0466. The molecule has 3 rings (SSSR count). The highest BCUT2D eigenvalue weighted by Crippen LogP contribution is 2.25. The Kier molecular flexibility index (Phi) is 5.24. The van der Waals surface area contributed by atoms with Gasteiger partial charge in [-0.1, -0.05) is 0 Å². The maximum atomic E-state index is 12.8. The van der Waals surface area contributed by atoms with E-state index in [4.69, 9.17) is 5.73 Å². The highest BCUT2D eigenvalue weighted by atomic mass is 32.2. The quantitative estimate of drug-likeness (QED) is 0.731. The van der Waals surface area contributed by atoms with Crippen LogP contribution in [0.5, 0.6) is 0 Å². The minimum Gasteiger partial charge on any atom is -0.364 e. The van der Waals surface area contributed by atoms with Gasteiger partial charge in [0.15, 0.2) is 0 Å². The number of piperidine rings is 1. The molecule has 3 N–H and O–H groups in total. The molecule has 10 nitrogen and oxygen atoms in total. The Balaban J connectivity index is 1.65. The van der Waals surface area contributed by atoms with Crippen molar-refractivity contribution in [3.63, 3.8) is 0 Å². The average Bonchev–Trinajstić information content (AvgIpc) is 3.05. The number of rotatable bonds is 5. The number of aromatic nitrogens is 3. The van der Waals surface area contributed by atoms with Gasteiger partial charge in [-0.2, -0.15) is 4.31 Å². The average molecular weight is 392 g/mol. The number of nitrogens with two attached hydrogens (primary N) is 1. The lowest BCUT2D eigenvalue weighted by Crippen LogP contribution is -2.41. The van der Waals surface area contributed by atoms with Gasteiger partial charge in [-0.25, -0.2) is 18.4 Å². The standard InChI is InChI=1S/C16H20N6O4S/c1-21-10-12(9-13(21)14(17)23)27(25,26)22-7-3-11(4-8-22)15(24)20-16-18-5-2-6-19-16/h2,5-6,9-11H,3-4,7-8H2,1H3,(H2,17,23)(H,18,19,20,24). The summed E-state index contributed by atoms with van der Waals surface area (Å²) in [5, 5.41) is 2.64. The van der Waals surface area contributed by atoms with Gasteiger partial charge < -0.3 is 10.3 Å². The smallest absolute Gasteiger partial charge is 0.265 e. The molecule has 1 fully saturated rings. The van der Waals surface area contributed by atoms with Gasteiger partial charge in [0.2, 0.25) is 21.9 Å². The minimum atomic E-state index is -3.76. The van der Waals surface area contributed by atoms with Gasteiger partial charge in [0.1, 0.15) is 10.6 Å². The van der Waals surface area contributed by atoms with Crippen LogP contribution in [0.4, 0.5) is 5.95 Å². The number of sulfonamides is 1. The van der Waals surface area contributed by atoms with Crippen LogP contribution >= 0.6 is 0 Å². The molecule has 0 aromatic carbocycles.